The van der Waals surface area contributed by atoms with E-state index in [9.17, 15) is 9.59 Å². The number of carbonyl (C=O) groups excluding carboxylic acids is 2. The minimum Gasteiger partial charge on any atom is -0.444 e. The standard InChI is InChI=1S/C29H38ClN7O4/c1-28(2,3)40-26(38)33-17-21-11-7-9-19(13-21)15-31-24-35-23(30)36-25(37-24)32-16-20-10-8-12-22(14-20)18-34-27(39)41-29(4,5)6/h7-14H,15-18H2,1-6H3,(H,33,38)(H,34,39)(H2,31,32,35,36,37). The van der Waals surface area contributed by atoms with Crippen molar-refractivity contribution in [1.82, 2.24) is 25.6 Å². The number of nitrogens with zero attached hydrogens (tertiary/aromatic N) is 3. The van der Waals surface area contributed by atoms with E-state index >= 15 is 0 Å². The summed E-state index contributed by atoms with van der Waals surface area (Å²) >= 11 is 6.15. The number of benzene rings is 2. The van der Waals surface area contributed by atoms with E-state index in [0.29, 0.717) is 38.1 Å². The van der Waals surface area contributed by atoms with Crippen LogP contribution in [-0.2, 0) is 35.7 Å². The van der Waals surface area contributed by atoms with Crippen LogP contribution in [-0.4, -0.2) is 38.3 Å². The fourth-order valence-electron chi connectivity index (χ4n) is 3.55. The maximum Gasteiger partial charge on any atom is 0.407 e. The molecule has 0 aliphatic carbocycles. The van der Waals surface area contributed by atoms with Crippen LogP contribution in [0, 0.1) is 0 Å². The first-order chi connectivity index (χ1) is 19.2. The van der Waals surface area contributed by atoms with Crippen LogP contribution in [0.3, 0.4) is 0 Å². The van der Waals surface area contributed by atoms with Crippen LogP contribution in [0.25, 0.3) is 0 Å². The van der Waals surface area contributed by atoms with E-state index < -0.39 is 23.4 Å². The van der Waals surface area contributed by atoms with Gasteiger partial charge < -0.3 is 30.7 Å². The average Bonchev–Trinajstić information content (AvgIpc) is 2.87. The van der Waals surface area contributed by atoms with Crippen molar-refractivity contribution in [2.75, 3.05) is 10.6 Å². The number of nitrogens with one attached hydrogen (secondary N) is 4. The number of hydrogen-bond acceptors (Lipinski definition) is 9. The summed E-state index contributed by atoms with van der Waals surface area (Å²) < 4.78 is 10.6. The molecule has 0 fully saturated rings. The van der Waals surface area contributed by atoms with Crippen molar-refractivity contribution in [2.24, 2.45) is 0 Å². The molecular weight excluding hydrogens is 546 g/mol. The van der Waals surface area contributed by atoms with Gasteiger partial charge in [-0.1, -0.05) is 48.5 Å². The third-order valence-corrected chi connectivity index (χ3v) is 5.33. The molecule has 3 aromatic rings. The summed E-state index contributed by atoms with van der Waals surface area (Å²) in [5.74, 6) is 0.639. The van der Waals surface area contributed by atoms with Gasteiger partial charge in [-0.3, -0.25) is 0 Å². The summed E-state index contributed by atoms with van der Waals surface area (Å²) in [6.45, 7) is 12.5. The monoisotopic (exact) mass is 583 g/mol. The number of hydrogen-bond donors (Lipinski definition) is 4. The van der Waals surface area contributed by atoms with Crippen molar-refractivity contribution in [2.45, 2.75) is 78.9 Å². The molecule has 1 heterocycles. The topological polar surface area (TPSA) is 139 Å². The first kappa shape index (κ1) is 31.4. The highest BCUT2D eigenvalue weighted by Gasteiger charge is 2.16. The molecule has 12 heteroatoms. The van der Waals surface area contributed by atoms with Crippen molar-refractivity contribution < 1.29 is 19.1 Å². The van der Waals surface area contributed by atoms with Gasteiger partial charge in [0.15, 0.2) is 0 Å². The first-order valence-corrected chi connectivity index (χ1v) is 13.6. The summed E-state index contributed by atoms with van der Waals surface area (Å²) in [5, 5.41) is 11.9. The Hall–Kier alpha value is -4.12. The Kier molecular flexibility index (Phi) is 10.7. The molecule has 0 aliphatic heterocycles. The number of aromatic nitrogens is 3. The van der Waals surface area contributed by atoms with E-state index in [1.54, 1.807) is 0 Å². The fourth-order valence-corrected chi connectivity index (χ4v) is 3.71. The van der Waals surface area contributed by atoms with Gasteiger partial charge in [-0.05, 0) is 75.4 Å². The molecule has 41 heavy (non-hydrogen) atoms. The molecule has 0 bridgehead atoms. The second-order valence-electron chi connectivity index (χ2n) is 11.3. The zero-order valence-corrected chi connectivity index (χ0v) is 25.1. The van der Waals surface area contributed by atoms with E-state index in [1.165, 1.54) is 0 Å². The molecule has 0 saturated carbocycles. The minimum atomic E-state index is -0.555. The van der Waals surface area contributed by atoms with E-state index in [1.807, 2.05) is 90.1 Å². The van der Waals surface area contributed by atoms with Crippen molar-refractivity contribution in [1.29, 1.82) is 0 Å². The van der Waals surface area contributed by atoms with E-state index in [0.717, 1.165) is 22.3 Å². The number of halogens is 1. The molecule has 0 saturated heterocycles. The zero-order chi connectivity index (χ0) is 30.0. The van der Waals surface area contributed by atoms with Gasteiger partial charge in [0.25, 0.3) is 0 Å². The van der Waals surface area contributed by atoms with Crippen molar-refractivity contribution >= 4 is 35.7 Å². The Morgan fingerprint density at radius 2 is 1.02 bits per heavy atom. The molecule has 2 amide bonds. The molecule has 2 aromatic carbocycles. The highest BCUT2D eigenvalue weighted by Crippen LogP contribution is 2.14. The first-order valence-electron chi connectivity index (χ1n) is 13.2. The number of ether oxygens (including phenoxy) is 2. The van der Waals surface area contributed by atoms with Crippen LogP contribution in [0.15, 0.2) is 48.5 Å². The fraction of sp³-hybridized carbons (Fsp3) is 0.414. The number of anilines is 2. The second-order valence-corrected chi connectivity index (χ2v) is 11.6. The lowest BCUT2D eigenvalue weighted by molar-refractivity contribution is 0.0512. The Morgan fingerprint density at radius 3 is 1.39 bits per heavy atom. The molecule has 0 aliphatic rings. The molecule has 220 valence electrons. The third-order valence-electron chi connectivity index (χ3n) is 5.16. The van der Waals surface area contributed by atoms with E-state index in [2.05, 4.69) is 36.2 Å². The predicted molar refractivity (Wildman–Crippen MR) is 159 cm³/mol. The molecular formula is C29H38ClN7O4. The zero-order valence-electron chi connectivity index (χ0n) is 24.3. The van der Waals surface area contributed by atoms with Gasteiger partial charge in [0.1, 0.15) is 11.2 Å². The maximum absolute atomic E-state index is 11.9. The van der Waals surface area contributed by atoms with Gasteiger partial charge in [0, 0.05) is 26.2 Å². The summed E-state index contributed by atoms with van der Waals surface area (Å²) in [6.07, 6.45) is -0.935. The Balaban J connectivity index is 1.53. The SMILES string of the molecule is CC(C)(C)OC(=O)NCc1cccc(CNc2nc(Cl)nc(NCc3cccc(CNC(=O)OC(C)(C)C)c3)n2)c1. The normalized spacial score (nSPS) is 11.4. The van der Waals surface area contributed by atoms with Gasteiger partial charge in [-0.15, -0.1) is 0 Å². The Morgan fingerprint density at radius 1 is 0.659 bits per heavy atom. The molecule has 11 nitrogen and oxygen atoms in total. The molecule has 0 radical (unpaired) electrons. The van der Waals surface area contributed by atoms with Gasteiger partial charge in [-0.25, -0.2) is 9.59 Å². The summed E-state index contributed by atoms with van der Waals surface area (Å²) in [5.41, 5.74) is 2.68. The summed E-state index contributed by atoms with van der Waals surface area (Å²) in [4.78, 5) is 36.6. The van der Waals surface area contributed by atoms with Crippen molar-refractivity contribution in [3.05, 3.63) is 76.1 Å². The lowest BCUT2D eigenvalue weighted by atomic mass is 10.1. The van der Waals surface area contributed by atoms with Gasteiger partial charge in [0.05, 0.1) is 0 Å². The molecule has 4 N–H and O–H groups in total. The number of carbonyl (C=O) groups is 2. The summed E-state index contributed by atoms with van der Waals surface area (Å²) in [6, 6.07) is 15.5. The molecule has 0 unspecified atom stereocenters. The van der Waals surface area contributed by atoms with Crippen molar-refractivity contribution in [3.63, 3.8) is 0 Å². The second kappa shape index (κ2) is 14.0. The van der Waals surface area contributed by atoms with Gasteiger partial charge in [0.2, 0.25) is 17.2 Å². The van der Waals surface area contributed by atoms with Gasteiger partial charge >= 0.3 is 12.2 Å². The number of alkyl carbamates (subject to hydrolysis) is 2. The lowest BCUT2D eigenvalue weighted by Crippen LogP contribution is -2.32. The van der Waals surface area contributed by atoms with Crippen LogP contribution in [0.1, 0.15) is 63.8 Å². The van der Waals surface area contributed by atoms with Crippen LogP contribution in [0.4, 0.5) is 21.5 Å². The third kappa shape index (κ3) is 12.3. The minimum absolute atomic E-state index is 0.0515. The largest absolute Gasteiger partial charge is 0.444 e. The number of rotatable bonds is 10. The van der Waals surface area contributed by atoms with Crippen LogP contribution < -0.4 is 21.3 Å². The summed E-state index contributed by atoms with van der Waals surface area (Å²) in [7, 11) is 0. The predicted octanol–water partition coefficient (Wildman–Crippen LogP) is 5.80. The quantitative estimate of drug-likeness (QED) is 0.233. The molecule has 1 aromatic heterocycles. The van der Waals surface area contributed by atoms with Gasteiger partial charge in [-0.2, -0.15) is 15.0 Å². The maximum atomic E-state index is 11.9. The smallest absolute Gasteiger partial charge is 0.407 e. The molecule has 0 spiro atoms. The highest BCUT2D eigenvalue weighted by atomic mass is 35.5. The molecule has 0 atom stereocenters. The van der Waals surface area contributed by atoms with Crippen LogP contribution in [0.2, 0.25) is 5.28 Å². The van der Waals surface area contributed by atoms with Crippen LogP contribution >= 0.6 is 11.6 Å². The molecule has 3 rings (SSSR count). The Labute approximate surface area is 245 Å². The highest BCUT2D eigenvalue weighted by molar-refractivity contribution is 6.28. The van der Waals surface area contributed by atoms with Crippen LogP contribution in [0.5, 0.6) is 0 Å². The van der Waals surface area contributed by atoms with E-state index in [4.69, 9.17) is 21.1 Å². The number of amides is 2. The van der Waals surface area contributed by atoms with E-state index in [-0.39, 0.29) is 5.28 Å². The average molecular weight is 584 g/mol. The Bertz CT molecular complexity index is 1240. The lowest BCUT2D eigenvalue weighted by Gasteiger charge is -2.19. The van der Waals surface area contributed by atoms with Crippen molar-refractivity contribution in [3.8, 4) is 0 Å².